The third kappa shape index (κ3) is 4.59. The zero-order chi connectivity index (χ0) is 18.5. The fourth-order valence-corrected chi connectivity index (χ4v) is 4.46. The summed E-state index contributed by atoms with van der Waals surface area (Å²) in [5, 5.41) is 3.25. The van der Waals surface area contributed by atoms with Crippen LogP contribution in [0.1, 0.15) is 71.6 Å². The van der Waals surface area contributed by atoms with Crippen molar-refractivity contribution in [3.63, 3.8) is 0 Å². The molecule has 1 amide bonds. The van der Waals surface area contributed by atoms with Crippen LogP contribution in [0.15, 0.2) is 48.5 Å². The van der Waals surface area contributed by atoms with E-state index in [1.807, 2.05) is 12.1 Å². The third-order valence-electron chi connectivity index (χ3n) is 6.00. The highest BCUT2D eigenvalue weighted by atomic mass is 16.1. The summed E-state index contributed by atoms with van der Waals surface area (Å²) in [5.74, 6) is 0.0398. The molecule has 2 aromatic carbocycles. The summed E-state index contributed by atoms with van der Waals surface area (Å²) in [5.41, 5.74) is 4.73. The Bertz CT molecular complexity index is 760. The maximum atomic E-state index is 12.7. The van der Waals surface area contributed by atoms with Gasteiger partial charge in [-0.25, -0.2) is 0 Å². The summed E-state index contributed by atoms with van der Waals surface area (Å²) in [4.78, 5) is 15.3. The van der Waals surface area contributed by atoms with Crippen molar-refractivity contribution in [1.29, 1.82) is 0 Å². The Balaban J connectivity index is 1.38. The monoisotopic (exact) mass is 362 g/mol. The predicted octanol–water partition coefficient (Wildman–Crippen LogP) is 4.87. The molecule has 0 bridgehead atoms. The molecule has 0 spiro atoms. The van der Waals surface area contributed by atoms with Crippen molar-refractivity contribution in [2.45, 2.75) is 57.5 Å². The summed E-state index contributed by atoms with van der Waals surface area (Å²) in [7, 11) is 0. The molecule has 0 saturated carbocycles. The molecule has 1 aliphatic heterocycles. The number of carbonyl (C=O) groups is 1. The number of hydrogen-bond acceptors (Lipinski definition) is 2. The van der Waals surface area contributed by atoms with Crippen molar-refractivity contribution in [2.75, 3.05) is 13.1 Å². The lowest BCUT2D eigenvalue weighted by atomic mass is 9.87. The van der Waals surface area contributed by atoms with E-state index in [1.54, 1.807) is 0 Å². The zero-order valence-electron chi connectivity index (χ0n) is 16.1. The van der Waals surface area contributed by atoms with Gasteiger partial charge in [-0.05, 0) is 74.0 Å². The second-order valence-corrected chi connectivity index (χ2v) is 8.00. The summed E-state index contributed by atoms with van der Waals surface area (Å²) >= 11 is 0. The second-order valence-electron chi connectivity index (χ2n) is 8.00. The topological polar surface area (TPSA) is 32.3 Å². The normalized spacial score (nSPS) is 20.5. The van der Waals surface area contributed by atoms with Gasteiger partial charge in [-0.2, -0.15) is 0 Å². The Morgan fingerprint density at radius 1 is 0.926 bits per heavy atom. The SMILES string of the molecule is O=C(N[C@@H]1CCCc2ccccc21)c1ccc(CN2CCCCCC2)cc1. The highest BCUT2D eigenvalue weighted by Crippen LogP contribution is 2.29. The molecule has 0 aromatic heterocycles. The van der Waals surface area contributed by atoms with Gasteiger partial charge in [-0.1, -0.05) is 49.2 Å². The van der Waals surface area contributed by atoms with Crippen molar-refractivity contribution in [3.8, 4) is 0 Å². The first-order valence-electron chi connectivity index (χ1n) is 10.5. The van der Waals surface area contributed by atoms with Crippen LogP contribution >= 0.6 is 0 Å². The van der Waals surface area contributed by atoms with E-state index in [9.17, 15) is 4.79 Å². The first kappa shape index (κ1) is 18.2. The second kappa shape index (κ2) is 8.71. The minimum atomic E-state index is 0.0398. The van der Waals surface area contributed by atoms with Crippen LogP contribution in [0.25, 0.3) is 0 Å². The molecule has 1 heterocycles. The number of likely N-dealkylation sites (tertiary alicyclic amines) is 1. The molecular formula is C24H30N2O. The molecule has 2 aromatic rings. The van der Waals surface area contributed by atoms with Crippen molar-refractivity contribution in [2.24, 2.45) is 0 Å². The third-order valence-corrected chi connectivity index (χ3v) is 6.00. The lowest BCUT2D eigenvalue weighted by Crippen LogP contribution is -2.31. The molecule has 27 heavy (non-hydrogen) atoms. The Hall–Kier alpha value is -2.13. The number of rotatable bonds is 4. The number of benzene rings is 2. The van der Waals surface area contributed by atoms with Crippen LogP contribution in [0.4, 0.5) is 0 Å². The fourth-order valence-electron chi connectivity index (χ4n) is 4.46. The first-order chi connectivity index (χ1) is 13.3. The van der Waals surface area contributed by atoms with Crippen molar-refractivity contribution in [3.05, 3.63) is 70.8 Å². The van der Waals surface area contributed by atoms with Crippen molar-refractivity contribution in [1.82, 2.24) is 10.2 Å². The fraction of sp³-hybridized carbons (Fsp3) is 0.458. The number of fused-ring (bicyclic) bond motifs is 1. The highest BCUT2D eigenvalue weighted by molar-refractivity contribution is 5.94. The Kier molecular flexibility index (Phi) is 5.88. The quantitative estimate of drug-likeness (QED) is 0.841. The number of nitrogens with zero attached hydrogens (tertiary/aromatic N) is 1. The van der Waals surface area contributed by atoms with E-state index in [-0.39, 0.29) is 11.9 Å². The van der Waals surface area contributed by atoms with Crippen LogP contribution in [0, 0.1) is 0 Å². The van der Waals surface area contributed by atoms with Crippen LogP contribution in [0.2, 0.25) is 0 Å². The number of amides is 1. The number of carbonyl (C=O) groups excluding carboxylic acids is 1. The summed E-state index contributed by atoms with van der Waals surface area (Å²) in [6.45, 7) is 3.39. The molecule has 0 radical (unpaired) electrons. The number of nitrogens with one attached hydrogen (secondary N) is 1. The number of aryl methyl sites for hydroxylation is 1. The number of hydrogen-bond donors (Lipinski definition) is 1. The van der Waals surface area contributed by atoms with Crippen LogP contribution < -0.4 is 5.32 Å². The van der Waals surface area contributed by atoms with Gasteiger partial charge < -0.3 is 5.32 Å². The average Bonchev–Trinajstić information content (AvgIpc) is 2.97. The van der Waals surface area contributed by atoms with Crippen molar-refractivity contribution < 1.29 is 4.79 Å². The van der Waals surface area contributed by atoms with Crippen LogP contribution in [-0.2, 0) is 13.0 Å². The largest absolute Gasteiger partial charge is 0.345 e. The van der Waals surface area contributed by atoms with E-state index >= 15 is 0 Å². The minimum Gasteiger partial charge on any atom is -0.345 e. The lowest BCUT2D eigenvalue weighted by Gasteiger charge is -2.26. The summed E-state index contributed by atoms with van der Waals surface area (Å²) in [6, 6.07) is 16.8. The van der Waals surface area contributed by atoms with Crippen LogP contribution in [0.3, 0.4) is 0 Å². The minimum absolute atomic E-state index is 0.0398. The van der Waals surface area contributed by atoms with Gasteiger partial charge in [0.1, 0.15) is 0 Å². The van der Waals surface area contributed by atoms with E-state index in [2.05, 4.69) is 46.6 Å². The van der Waals surface area contributed by atoms with E-state index in [4.69, 9.17) is 0 Å². The molecule has 1 fully saturated rings. The predicted molar refractivity (Wildman–Crippen MR) is 110 cm³/mol. The molecule has 1 saturated heterocycles. The van der Waals surface area contributed by atoms with E-state index in [1.165, 1.54) is 55.5 Å². The molecule has 4 rings (SSSR count). The van der Waals surface area contributed by atoms with Gasteiger partial charge >= 0.3 is 0 Å². The maximum Gasteiger partial charge on any atom is 0.251 e. The zero-order valence-corrected chi connectivity index (χ0v) is 16.1. The molecule has 1 atom stereocenters. The van der Waals surface area contributed by atoms with Gasteiger partial charge in [-0.3, -0.25) is 9.69 Å². The average molecular weight is 363 g/mol. The molecule has 1 aliphatic carbocycles. The van der Waals surface area contributed by atoms with Gasteiger partial charge in [0, 0.05) is 12.1 Å². The van der Waals surface area contributed by atoms with Gasteiger partial charge in [0.25, 0.3) is 5.91 Å². The van der Waals surface area contributed by atoms with Gasteiger partial charge in [0.2, 0.25) is 0 Å². The first-order valence-corrected chi connectivity index (χ1v) is 10.5. The highest BCUT2D eigenvalue weighted by Gasteiger charge is 2.21. The van der Waals surface area contributed by atoms with Crippen LogP contribution in [-0.4, -0.2) is 23.9 Å². The molecule has 142 valence electrons. The lowest BCUT2D eigenvalue weighted by molar-refractivity contribution is 0.0932. The smallest absolute Gasteiger partial charge is 0.251 e. The van der Waals surface area contributed by atoms with Gasteiger partial charge in [0.05, 0.1) is 6.04 Å². The maximum absolute atomic E-state index is 12.7. The summed E-state index contributed by atoms with van der Waals surface area (Å²) in [6.07, 6.45) is 8.62. The van der Waals surface area contributed by atoms with Gasteiger partial charge in [-0.15, -0.1) is 0 Å². The molecule has 1 N–H and O–H groups in total. The molecule has 0 unspecified atom stereocenters. The molecular weight excluding hydrogens is 332 g/mol. The van der Waals surface area contributed by atoms with Gasteiger partial charge in [0.15, 0.2) is 0 Å². The van der Waals surface area contributed by atoms with E-state index in [0.29, 0.717) is 0 Å². The Morgan fingerprint density at radius 2 is 1.67 bits per heavy atom. The Morgan fingerprint density at radius 3 is 2.44 bits per heavy atom. The standard InChI is InChI=1S/C24H30N2O/c27-24(25-23-11-7-9-20-8-3-4-10-22(20)23)21-14-12-19(13-15-21)18-26-16-5-1-2-6-17-26/h3-4,8,10,12-15,23H,1-2,5-7,9,11,16-18H2,(H,25,27)/t23-/m1/s1. The van der Waals surface area contributed by atoms with E-state index < -0.39 is 0 Å². The van der Waals surface area contributed by atoms with Crippen LogP contribution in [0.5, 0.6) is 0 Å². The summed E-state index contributed by atoms with van der Waals surface area (Å²) < 4.78 is 0. The molecule has 3 nitrogen and oxygen atoms in total. The van der Waals surface area contributed by atoms with E-state index in [0.717, 1.165) is 31.4 Å². The Labute approximate surface area is 162 Å². The molecule has 2 aliphatic rings. The van der Waals surface area contributed by atoms with Crippen molar-refractivity contribution >= 4 is 5.91 Å². The molecule has 3 heteroatoms.